The summed E-state index contributed by atoms with van der Waals surface area (Å²) >= 11 is 0. The van der Waals surface area contributed by atoms with E-state index < -0.39 is 0 Å². The van der Waals surface area contributed by atoms with E-state index >= 15 is 0 Å². The highest BCUT2D eigenvalue weighted by Gasteiger charge is 2.26. The van der Waals surface area contributed by atoms with Crippen LogP contribution in [0.1, 0.15) is 61.2 Å². The second-order valence-electron chi connectivity index (χ2n) is 5.13. The summed E-state index contributed by atoms with van der Waals surface area (Å²) in [5.74, 6) is 2.80. The second kappa shape index (κ2) is 5.23. The maximum atomic E-state index is 9.48. The lowest BCUT2D eigenvalue weighted by Crippen LogP contribution is -2.14. The standard InChI is InChI=1S/C14H22O3/c1-9(2)13-12(8-15)10(3)14(17-13)11-4-6-16-7-5-11/h9,11,15H,4-8H2,1-3H3. The molecule has 1 aliphatic rings. The molecule has 17 heavy (non-hydrogen) atoms. The first-order valence-electron chi connectivity index (χ1n) is 6.45. The molecule has 0 saturated carbocycles. The third kappa shape index (κ3) is 2.40. The molecule has 3 nitrogen and oxygen atoms in total. The lowest BCUT2D eigenvalue weighted by molar-refractivity contribution is 0.0801. The molecule has 0 aromatic carbocycles. The predicted molar refractivity (Wildman–Crippen MR) is 66.3 cm³/mol. The van der Waals surface area contributed by atoms with Gasteiger partial charge in [-0.2, -0.15) is 0 Å². The van der Waals surface area contributed by atoms with Crippen LogP contribution >= 0.6 is 0 Å². The van der Waals surface area contributed by atoms with Crippen LogP contribution in [0.15, 0.2) is 4.42 Å². The molecule has 0 aliphatic carbocycles. The molecule has 1 fully saturated rings. The summed E-state index contributed by atoms with van der Waals surface area (Å²) in [6, 6.07) is 0. The van der Waals surface area contributed by atoms with Crippen LogP contribution in [0.3, 0.4) is 0 Å². The number of aliphatic hydroxyl groups is 1. The molecular formula is C14H22O3. The average Bonchev–Trinajstić information content (AvgIpc) is 2.67. The van der Waals surface area contributed by atoms with Crippen molar-refractivity contribution in [3.05, 3.63) is 22.6 Å². The van der Waals surface area contributed by atoms with E-state index in [1.165, 1.54) is 0 Å². The largest absolute Gasteiger partial charge is 0.465 e. The summed E-state index contributed by atoms with van der Waals surface area (Å²) in [7, 11) is 0. The van der Waals surface area contributed by atoms with Crippen molar-refractivity contribution in [2.24, 2.45) is 0 Å². The molecule has 1 aliphatic heterocycles. The van der Waals surface area contributed by atoms with E-state index in [2.05, 4.69) is 20.8 Å². The number of hydrogen-bond acceptors (Lipinski definition) is 3. The highest BCUT2D eigenvalue weighted by molar-refractivity contribution is 5.35. The number of furan rings is 1. The van der Waals surface area contributed by atoms with Crippen LogP contribution in [0.5, 0.6) is 0 Å². The van der Waals surface area contributed by atoms with Gasteiger partial charge in [-0.15, -0.1) is 0 Å². The van der Waals surface area contributed by atoms with Crippen LogP contribution in [0, 0.1) is 6.92 Å². The lowest BCUT2D eigenvalue weighted by atomic mass is 9.93. The maximum absolute atomic E-state index is 9.48. The van der Waals surface area contributed by atoms with Crippen molar-refractivity contribution in [2.45, 2.75) is 52.1 Å². The lowest BCUT2D eigenvalue weighted by Gasteiger charge is -2.20. The molecule has 0 spiro atoms. The van der Waals surface area contributed by atoms with Gasteiger partial charge >= 0.3 is 0 Å². The van der Waals surface area contributed by atoms with Crippen LogP contribution in [0.2, 0.25) is 0 Å². The Morgan fingerprint density at radius 2 is 1.94 bits per heavy atom. The number of aliphatic hydroxyl groups excluding tert-OH is 1. The van der Waals surface area contributed by atoms with Crippen LogP contribution in [-0.2, 0) is 11.3 Å². The zero-order valence-electron chi connectivity index (χ0n) is 11.0. The van der Waals surface area contributed by atoms with Crippen LogP contribution in [0.4, 0.5) is 0 Å². The minimum absolute atomic E-state index is 0.0755. The molecule has 0 amide bonds. The molecule has 1 saturated heterocycles. The van der Waals surface area contributed by atoms with E-state index in [4.69, 9.17) is 9.15 Å². The fourth-order valence-electron chi connectivity index (χ4n) is 2.60. The Bertz CT molecular complexity index is 373. The van der Waals surface area contributed by atoms with Gasteiger partial charge in [0.2, 0.25) is 0 Å². The SMILES string of the molecule is Cc1c(C2CCOCC2)oc(C(C)C)c1CO. The highest BCUT2D eigenvalue weighted by Crippen LogP contribution is 2.36. The third-order valence-corrected chi connectivity index (χ3v) is 3.61. The Labute approximate surface area is 103 Å². The van der Waals surface area contributed by atoms with E-state index in [9.17, 15) is 5.11 Å². The minimum atomic E-state index is 0.0755. The van der Waals surface area contributed by atoms with Gasteiger partial charge in [0.15, 0.2) is 0 Å². The van der Waals surface area contributed by atoms with Crippen molar-refractivity contribution < 1.29 is 14.3 Å². The summed E-state index contributed by atoms with van der Waals surface area (Å²) < 4.78 is 11.4. The normalized spacial score (nSPS) is 17.9. The second-order valence-corrected chi connectivity index (χ2v) is 5.13. The summed E-state index contributed by atoms with van der Waals surface area (Å²) in [6.45, 7) is 7.97. The van der Waals surface area contributed by atoms with Crippen molar-refractivity contribution in [2.75, 3.05) is 13.2 Å². The van der Waals surface area contributed by atoms with E-state index in [-0.39, 0.29) is 6.61 Å². The van der Waals surface area contributed by atoms with Crippen LogP contribution in [-0.4, -0.2) is 18.3 Å². The van der Waals surface area contributed by atoms with E-state index in [0.717, 1.165) is 48.7 Å². The molecule has 2 rings (SSSR count). The van der Waals surface area contributed by atoms with Gasteiger partial charge in [-0.05, 0) is 25.3 Å². The molecule has 2 heterocycles. The average molecular weight is 238 g/mol. The van der Waals surface area contributed by atoms with Crippen molar-refractivity contribution in [1.29, 1.82) is 0 Å². The highest BCUT2D eigenvalue weighted by atomic mass is 16.5. The van der Waals surface area contributed by atoms with Crippen LogP contribution in [0.25, 0.3) is 0 Å². The molecule has 0 bridgehead atoms. The van der Waals surface area contributed by atoms with Gasteiger partial charge in [0.25, 0.3) is 0 Å². The van der Waals surface area contributed by atoms with Gasteiger partial charge in [0, 0.05) is 30.6 Å². The molecule has 96 valence electrons. The molecule has 1 aromatic heterocycles. The molecule has 0 radical (unpaired) electrons. The van der Waals surface area contributed by atoms with Gasteiger partial charge < -0.3 is 14.3 Å². The third-order valence-electron chi connectivity index (χ3n) is 3.61. The first-order valence-corrected chi connectivity index (χ1v) is 6.45. The Balaban J connectivity index is 2.33. The fraction of sp³-hybridized carbons (Fsp3) is 0.714. The minimum Gasteiger partial charge on any atom is -0.465 e. The first-order chi connectivity index (χ1) is 8.15. The van der Waals surface area contributed by atoms with Gasteiger partial charge in [-0.1, -0.05) is 13.8 Å². The van der Waals surface area contributed by atoms with Gasteiger partial charge in [0.05, 0.1) is 6.61 Å². The summed E-state index contributed by atoms with van der Waals surface area (Å²) in [5, 5.41) is 9.48. The quantitative estimate of drug-likeness (QED) is 0.879. The van der Waals surface area contributed by atoms with E-state index in [0.29, 0.717) is 11.8 Å². The topological polar surface area (TPSA) is 42.6 Å². The smallest absolute Gasteiger partial charge is 0.112 e. The van der Waals surface area contributed by atoms with Gasteiger partial charge in [0.1, 0.15) is 11.5 Å². The molecule has 1 N–H and O–H groups in total. The summed E-state index contributed by atoms with van der Waals surface area (Å²) in [4.78, 5) is 0. The van der Waals surface area contributed by atoms with E-state index in [1.54, 1.807) is 0 Å². The summed E-state index contributed by atoms with van der Waals surface area (Å²) in [6.07, 6.45) is 2.05. The van der Waals surface area contributed by atoms with Crippen molar-refractivity contribution >= 4 is 0 Å². The van der Waals surface area contributed by atoms with Gasteiger partial charge in [-0.3, -0.25) is 0 Å². The Morgan fingerprint density at radius 3 is 2.41 bits per heavy atom. The van der Waals surface area contributed by atoms with Crippen LogP contribution < -0.4 is 0 Å². The van der Waals surface area contributed by atoms with Gasteiger partial charge in [-0.25, -0.2) is 0 Å². The molecule has 1 aromatic rings. The fourth-order valence-corrected chi connectivity index (χ4v) is 2.60. The first kappa shape index (κ1) is 12.7. The van der Waals surface area contributed by atoms with Crippen molar-refractivity contribution in [1.82, 2.24) is 0 Å². The van der Waals surface area contributed by atoms with Crippen molar-refractivity contribution in [3.63, 3.8) is 0 Å². The number of ether oxygens (including phenoxy) is 1. The summed E-state index contributed by atoms with van der Waals surface area (Å²) in [5.41, 5.74) is 2.13. The molecular weight excluding hydrogens is 216 g/mol. The van der Waals surface area contributed by atoms with E-state index in [1.807, 2.05) is 0 Å². The Kier molecular flexibility index (Phi) is 3.89. The molecule has 0 unspecified atom stereocenters. The zero-order valence-corrected chi connectivity index (χ0v) is 11.0. The maximum Gasteiger partial charge on any atom is 0.112 e. The molecule has 3 heteroatoms. The predicted octanol–water partition coefficient (Wildman–Crippen LogP) is 3.10. The van der Waals surface area contributed by atoms with Crippen molar-refractivity contribution in [3.8, 4) is 0 Å². The molecule has 0 atom stereocenters. The zero-order chi connectivity index (χ0) is 12.4. The Hall–Kier alpha value is -0.800. The number of hydrogen-bond donors (Lipinski definition) is 1. The number of rotatable bonds is 3. The monoisotopic (exact) mass is 238 g/mol. The Morgan fingerprint density at radius 1 is 1.29 bits per heavy atom.